The summed E-state index contributed by atoms with van der Waals surface area (Å²) in [7, 11) is -3.74. The Morgan fingerprint density at radius 3 is 2.26 bits per heavy atom. The van der Waals surface area contributed by atoms with Crippen LogP contribution in [-0.2, 0) is 16.4 Å². The van der Waals surface area contributed by atoms with Gasteiger partial charge in [0, 0.05) is 6.42 Å². The first-order chi connectivity index (χ1) is 13.0. The lowest BCUT2D eigenvalue weighted by Crippen LogP contribution is -2.30. The largest absolute Gasteiger partial charge is 0.458 e. The Morgan fingerprint density at radius 1 is 0.852 bits per heavy atom. The summed E-state index contributed by atoms with van der Waals surface area (Å²) in [5.41, 5.74) is 2.57. The summed E-state index contributed by atoms with van der Waals surface area (Å²) in [6, 6.07) is 23.9. The quantitative estimate of drug-likeness (QED) is 0.664. The van der Waals surface area contributed by atoms with Gasteiger partial charge in [-0.25, -0.2) is 12.7 Å². The molecule has 0 radical (unpaired) electrons. The summed E-state index contributed by atoms with van der Waals surface area (Å²) in [5, 5.41) is 0. The minimum Gasteiger partial charge on any atom is -0.458 e. The van der Waals surface area contributed by atoms with E-state index in [1.54, 1.807) is 48.7 Å². The van der Waals surface area contributed by atoms with Crippen molar-refractivity contribution < 1.29 is 13.2 Å². The zero-order valence-electron chi connectivity index (χ0n) is 14.9. The molecule has 27 heavy (non-hydrogen) atoms. The molecule has 4 rings (SSSR count). The molecule has 3 aromatic carbocycles. The number of nitrogens with zero attached hydrogens (tertiary/aromatic N) is 1. The lowest BCUT2D eigenvalue weighted by atomic mass is 10.1. The molecule has 0 N–H and O–H groups in total. The monoisotopic (exact) mass is 377 g/mol. The average Bonchev–Trinajstić information content (AvgIpc) is 2.68. The summed E-state index contributed by atoms with van der Waals surface area (Å²) >= 11 is 0. The highest BCUT2D eigenvalue weighted by Crippen LogP contribution is 2.38. The highest BCUT2D eigenvalue weighted by Gasteiger charge is 2.30. The van der Waals surface area contributed by atoms with Crippen LogP contribution in [0.5, 0.6) is 5.75 Å². The van der Waals surface area contributed by atoms with Gasteiger partial charge in [0.05, 0.1) is 16.8 Å². The minimum atomic E-state index is -3.74. The number of hydrogen-bond acceptors (Lipinski definition) is 3. The van der Waals surface area contributed by atoms with Gasteiger partial charge in [0.1, 0.15) is 5.76 Å². The highest BCUT2D eigenvalue weighted by atomic mass is 32.2. The predicted octanol–water partition coefficient (Wildman–Crippen LogP) is 4.67. The van der Waals surface area contributed by atoms with Gasteiger partial charge in [-0.05, 0) is 36.8 Å². The third-order valence-corrected chi connectivity index (χ3v) is 6.09. The molecule has 0 atom stereocenters. The molecule has 136 valence electrons. The maximum absolute atomic E-state index is 13.3. The van der Waals surface area contributed by atoms with Crippen molar-refractivity contribution in [1.29, 1.82) is 0 Å². The van der Waals surface area contributed by atoms with Gasteiger partial charge in [-0.3, -0.25) is 0 Å². The number of ether oxygens (including phenoxy) is 1. The number of hydrogen-bond donors (Lipinski definition) is 0. The summed E-state index contributed by atoms with van der Waals surface area (Å²) in [6.45, 7) is 1.93. The first kappa shape index (κ1) is 17.4. The van der Waals surface area contributed by atoms with Crippen LogP contribution in [0.1, 0.15) is 11.1 Å². The average molecular weight is 377 g/mol. The summed E-state index contributed by atoms with van der Waals surface area (Å²) in [6.07, 6.45) is 2.08. The lowest BCUT2D eigenvalue weighted by molar-refractivity contribution is 0.405. The predicted molar refractivity (Wildman–Crippen MR) is 106 cm³/mol. The van der Waals surface area contributed by atoms with Gasteiger partial charge in [0.25, 0.3) is 10.0 Å². The fraction of sp³-hybridized carbons (Fsp3) is 0.0909. The molecule has 1 aliphatic rings. The fourth-order valence-electron chi connectivity index (χ4n) is 2.99. The molecule has 0 aliphatic carbocycles. The van der Waals surface area contributed by atoms with E-state index in [0.29, 0.717) is 23.6 Å². The van der Waals surface area contributed by atoms with Gasteiger partial charge in [-0.1, -0.05) is 60.2 Å². The van der Waals surface area contributed by atoms with Gasteiger partial charge in [0.2, 0.25) is 0 Å². The van der Waals surface area contributed by atoms with Crippen LogP contribution in [0.2, 0.25) is 0 Å². The number of allylic oxidation sites excluding steroid dienone is 1. The highest BCUT2D eigenvalue weighted by molar-refractivity contribution is 7.93. The third-order valence-electron chi connectivity index (χ3n) is 4.40. The van der Waals surface area contributed by atoms with Crippen LogP contribution in [0.15, 0.2) is 95.7 Å². The van der Waals surface area contributed by atoms with Gasteiger partial charge in [-0.15, -0.1) is 0 Å². The molecule has 0 fully saturated rings. The number of sulfonamides is 1. The Balaban J connectivity index is 1.77. The maximum atomic E-state index is 13.3. The molecule has 0 unspecified atom stereocenters. The first-order valence-electron chi connectivity index (χ1n) is 8.67. The van der Waals surface area contributed by atoms with Crippen molar-refractivity contribution in [1.82, 2.24) is 0 Å². The molecule has 4 nitrogen and oxygen atoms in total. The number of rotatable bonds is 4. The molecular formula is C22H19NO3S. The SMILES string of the molecule is Cc1ccc(S(=O)(=O)N2C=C(Cc3ccccc3)Oc3ccccc32)cc1. The Morgan fingerprint density at radius 2 is 1.52 bits per heavy atom. The summed E-state index contributed by atoms with van der Waals surface area (Å²) < 4.78 is 33.9. The summed E-state index contributed by atoms with van der Waals surface area (Å²) in [4.78, 5) is 0.250. The van der Waals surface area contributed by atoms with Crippen LogP contribution < -0.4 is 9.04 Å². The maximum Gasteiger partial charge on any atom is 0.268 e. The number of para-hydroxylation sites is 2. The smallest absolute Gasteiger partial charge is 0.268 e. The number of fused-ring (bicyclic) bond motifs is 1. The van der Waals surface area contributed by atoms with E-state index < -0.39 is 10.0 Å². The van der Waals surface area contributed by atoms with E-state index in [9.17, 15) is 8.42 Å². The molecule has 0 amide bonds. The van der Waals surface area contributed by atoms with E-state index in [-0.39, 0.29) is 4.90 Å². The Bertz CT molecular complexity index is 1090. The minimum absolute atomic E-state index is 0.250. The molecule has 0 saturated carbocycles. The van der Waals surface area contributed by atoms with Crippen molar-refractivity contribution in [2.45, 2.75) is 18.2 Å². The second-order valence-electron chi connectivity index (χ2n) is 6.44. The molecule has 0 aromatic heterocycles. The van der Waals surface area contributed by atoms with Crippen LogP contribution in [0.4, 0.5) is 5.69 Å². The van der Waals surface area contributed by atoms with E-state index in [1.807, 2.05) is 43.3 Å². The molecule has 1 heterocycles. The van der Waals surface area contributed by atoms with E-state index in [0.717, 1.165) is 11.1 Å². The van der Waals surface area contributed by atoms with Gasteiger partial charge in [-0.2, -0.15) is 0 Å². The third kappa shape index (κ3) is 3.46. The van der Waals surface area contributed by atoms with Crippen molar-refractivity contribution in [2.24, 2.45) is 0 Å². The standard InChI is InChI=1S/C22H19NO3S/c1-17-11-13-20(14-12-17)27(24,25)23-16-19(15-18-7-3-2-4-8-18)26-22-10-6-5-9-21(22)23/h2-14,16H,15H2,1H3. The van der Waals surface area contributed by atoms with E-state index >= 15 is 0 Å². The van der Waals surface area contributed by atoms with Gasteiger partial charge in [0.15, 0.2) is 5.75 Å². The number of benzene rings is 3. The van der Waals surface area contributed by atoms with Crippen LogP contribution in [0.3, 0.4) is 0 Å². The first-order valence-corrected chi connectivity index (χ1v) is 10.1. The van der Waals surface area contributed by atoms with Crippen LogP contribution >= 0.6 is 0 Å². The van der Waals surface area contributed by atoms with Crippen molar-refractivity contribution in [3.05, 3.63) is 102 Å². The normalized spacial score (nSPS) is 13.5. The molecule has 3 aromatic rings. The van der Waals surface area contributed by atoms with Crippen molar-refractivity contribution in [3.63, 3.8) is 0 Å². The molecule has 5 heteroatoms. The fourth-order valence-corrected chi connectivity index (χ4v) is 4.37. The van der Waals surface area contributed by atoms with Crippen LogP contribution in [0, 0.1) is 6.92 Å². The second kappa shape index (κ2) is 6.93. The number of aryl methyl sites for hydroxylation is 1. The van der Waals surface area contributed by atoms with Crippen LogP contribution in [0.25, 0.3) is 0 Å². The zero-order valence-corrected chi connectivity index (χ0v) is 15.7. The van der Waals surface area contributed by atoms with Crippen molar-refractivity contribution >= 4 is 15.7 Å². The number of anilines is 1. The van der Waals surface area contributed by atoms with E-state index in [1.165, 1.54) is 4.31 Å². The van der Waals surface area contributed by atoms with E-state index in [4.69, 9.17) is 4.74 Å². The van der Waals surface area contributed by atoms with E-state index in [2.05, 4.69) is 0 Å². The Labute approximate surface area is 159 Å². The van der Waals surface area contributed by atoms with Gasteiger partial charge < -0.3 is 4.74 Å². The molecular weight excluding hydrogens is 358 g/mol. The zero-order chi connectivity index (χ0) is 18.9. The van der Waals surface area contributed by atoms with Crippen molar-refractivity contribution in [2.75, 3.05) is 4.31 Å². The summed E-state index contributed by atoms with van der Waals surface area (Å²) in [5.74, 6) is 1.11. The van der Waals surface area contributed by atoms with Gasteiger partial charge >= 0.3 is 0 Å². The molecule has 0 saturated heterocycles. The molecule has 0 bridgehead atoms. The molecule has 0 spiro atoms. The Hall–Kier alpha value is -3.05. The Kier molecular flexibility index (Phi) is 4.46. The lowest BCUT2D eigenvalue weighted by Gasteiger charge is -2.28. The van der Waals surface area contributed by atoms with Crippen LogP contribution in [-0.4, -0.2) is 8.42 Å². The second-order valence-corrected chi connectivity index (χ2v) is 8.26. The van der Waals surface area contributed by atoms with Crippen molar-refractivity contribution in [3.8, 4) is 5.75 Å². The topological polar surface area (TPSA) is 46.6 Å². The molecule has 1 aliphatic heterocycles.